The highest BCUT2D eigenvalue weighted by molar-refractivity contribution is 6.46. The lowest BCUT2D eigenvalue weighted by atomic mass is 9.78. The van der Waals surface area contributed by atoms with Crippen LogP contribution in [0.2, 0.25) is 27.3 Å². The topological polar surface area (TPSA) is 256 Å². The molecule has 0 bridgehead atoms. The van der Waals surface area contributed by atoms with E-state index in [1.807, 2.05) is 55.4 Å². The lowest BCUT2D eigenvalue weighted by Gasteiger charge is -2.28. The Hall–Kier alpha value is -2.18. The Labute approximate surface area is 387 Å². The van der Waals surface area contributed by atoms with E-state index in [9.17, 15) is 49.5 Å². The number of carbonyl (C=O) groups excluding carboxylic acids is 2. The molecule has 0 aromatic rings. The first-order valence-electron chi connectivity index (χ1n) is 24.2. The van der Waals surface area contributed by atoms with Gasteiger partial charge in [-0.2, -0.15) is 0 Å². The first-order chi connectivity index (χ1) is 29.7. The maximum absolute atomic E-state index is 12.1. The van der Waals surface area contributed by atoms with Crippen molar-refractivity contribution in [3.63, 3.8) is 0 Å². The van der Waals surface area contributed by atoms with Crippen molar-refractivity contribution in [1.82, 2.24) is 20.9 Å². The molecule has 0 aromatic carbocycles. The van der Waals surface area contributed by atoms with E-state index in [2.05, 4.69) is 34.8 Å². The molecule has 4 saturated carbocycles. The summed E-state index contributed by atoms with van der Waals surface area (Å²) in [6, 6.07) is 0.649. The number of hydrogen-bond acceptors (Lipinski definition) is 14. The third kappa shape index (κ3) is 16.6. The van der Waals surface area contributed by atoms with Gasteiger partial charge >= 0.3 is 52.1 Å². The van der Waals surface area contributed by atoms with Gasteiger partial charge in [0, 0.05) is 0 Å². The molecule has 4 rings (SSSR count). The zero-order chi connectivity index (χ0) is 49.4. The number of carboxylic acids is 2. The summed E-state index contributed by atoms with van der Waals surface area (Å²) in [4.78, 5) is 46.6. The number of hydrogen-bond donors (Lipinski definition) is 10. The Balaban J connectivity index is 0.000000427. The molecule has 0 saturated heterocycles. The van der Waals surface area contributed by atoms with E-state index in [1.165, 1.54) is 0 Å². The molecule has 64 heavy (non-hydrogen) atoms. The molecule has 0 spiro atoms. The Morgan fingerprint density at radius 3 is 0.812 bits per heavy atom. The monoisotopic (exact) mass is 909 g/mol. The zero-order valence-electron chi connectivity index (χ0n) is 42.0. The Kier molecular flexibility index (Phi) is 25.2. The highest BCUT2D eigenvalue weighted by Gasteiger charge is 2.52. The first kappa shape index (κ1) is 59.8. The van der Waals surface area contributed by atoms with Crippen LogP contribution in [0.25, 0.3) is 0 Å². The van der Waals surface area contributed by atoms with Crippen LogP contribution < -0.4 is 20.9 Å². The van der Waals surface area contributed by atoms with Crippen molar-refractivity contribution in [2.24, 2.45) is 45.3 Å². The minimum atomic E-state index is -0.718. The Morgan fingerprint density at radius 1 is 0.453 bits per heavy atom. The number of carbonyl (C=O) groups is 4. The number of aliphatic carboxylic acids is 2. The molecule has 0 aromatic heterocycles. The summed E-state index contributed by atoms with van der Waals surface area (Å²) in [5.41, 5.74) is -2.09. The van der Waals surface area contributed by atoms with Crippen LogP contribution in [-0.2, 0) is 28.7 Å². The molecule has 4 fully saturated rings. The molecule has 4 aliphatic rings. The van der Waals surface area contributed by atoms with Gasteiger partial charge in [-0.05, 0) is 168 Å². The normalized spacial score (nSPS) is 33.9. The quantitative estimate of drug-likeness (QED) is 0.0654. The van der Waals surface area contributed by atoms with E-state index in [-0.39, 0.29) is 47.9 Å². The van der Waals surface area contributed by atoms with E-state index in [4.69, 9.17) is 9.47 Å². The van der Waals surface area contributed by atoms with Gasteiger partial charge in [0.25, 0.3) is 0 Å². The van der Waals surface area contributed by atoms with Gasteiger partial charge < -0.3 is 60.7 Å². The van der Waals surface area contributed by atoms with Crippen LogP contribution in [0.1, 0.15) is 146 Å². The molecule has 368 valence electrons. The fourth-order valence-corrected chi connectivity index (χ4v) is 11.4. The standard InChI is InChI=1S/2C12H24BNO3.2C10H20BNO3/c2*1-5-9-7-10(14-13(4)16)8-12(9,3)11(15)17-6-2;2*1-4-7-5-8(12-11(3)15)6-10(7,2)9(13)14/h2*9-10,14,16H,5-8H2,1-4H3;2*7-8,12,15H,4-6H2,1-3H3,(H,13,14)/t2*9-,10+,12+;2*7-,8+,10+/m1010/s1. The summed E-state index contributed by atoms with van der Waals surface area (Å²) in [5.74, 6) is -0.565. The van der Waals surface area contributed by atoms with Gasteiger partial charge in [-0.15, -0.1) is 0 Å². The van der Waals surface area contributed by atoms with Crippen molar-refractivity contribution in [3.05, 3.63) is 0 Å². The number of carboxylic acid groups (broad SMARTS) is 2. The van der Waals surface area contributed by atoms with Gasteiger partial charge in [-0.3, -0.25) is 19.2 Å². The predicted molar refractivity (Wildman–Crippen MR) is 256 cm³/mol. The summed E-state index contributed by atoms with van der Waals surface area (Å²) < 4.78 is 10.4. The van der Waals surface area contributed by atoms with Gasteiger partial charge in [0.05, 0.1) is 34.9 Å². The third-order valence-electron chi connectivity index (χ3n) is 14.9. The fourth-order valence-electron chi connectivity index (χ4n) is 11.4. The lowest BCUT2D eigenvalue weighted by Crippen LogP contribution is -2.40. The van der Waals surface area contributed by atoms with Crippen molar-refractivity contribution in [1.29, 1.82) is 0 Å². The largest absolute Gasteiger partial charge is 0.481 e. The van der Waals surface area contributed by atoms with Gasteiger partial charge in [0.2, 0.25) is 0 Å². The van der Waals surface area contributed by atoms with Crippen LogP contribution in [0.5, 0.6) is 0 Å². The molecule has 0 aliphatic heterocycles. The second-order valence-electron chi connectivity index (χ2n) is 20.1. The average molecular weight is 908 g/mol. The summed E-state index contributed by atoms with van der Waals surface area (Å²) >= 11 is 0. The molecule has 12 atom stereocenters. The summed E-state index contributed by atoms with van der Waals surface area (Å²) in [6.45, 7) is 27.1. The lowest BCUT2D eigenvalue weighted by molar-refractivity contribution is -0.157. The van der Waals surface area contributed by atoms with Crippen LogP contribution in [0.3, 0.4) is 0 Å². The molecule has 0 heterocycles. The highest BCUT2D eigenvalue weighted by atomic mass is 16.5. The molecule has 0 amide bonds. The maximum atomic E-state index is 12.1. The van der Waals surface area contributed by atoms with E-state index in [1.54, 1.807) is 27.3 Å². The average Bonchev–Trinajstić information content (AvgIpc) is 3.91. The Bertz CT molecular complexity index is 1350. The summed E-state index contributed by atoms with van der Waals surface area (Å²) in [6.07, 6.45) is 9.91. The third-order valence-corrected chi connectivity index (χ3v) is 14.9. The van der Waals surface area contributed by atoms with E-state index >= 15 is 0 Å². The van der Waals surface area contributed by atoms with Crippen molar-refractivity contribution in [3.8, 4) is 0 Å². The second kappa shape index (κ2) is 27.0. The number of ether oxygens (including phenoxy) is 2. The van der Waals surface area contributed by atoms with Crippen molar-refractivity contribution in [2.45, 2.75) is 198 Å². The SMILES string of the molecule is CCOC(=O)[C@@]1(C)C[C@@H](NB(C)O)C[C@H]1CC.CCOC(=O)[C@]1(C)C[C@H](NB(C)O)C[C@@H]1CC.CC[C@@H]1C[C@H](NB(C)O)C[C@]1(C)C(=O)O.CC[C@H]1C[C@@H](NB(C)O)C[C@@]1(C)C(=O)O. The first-order valence-corrected chi connectivity index (χ1v) is 24.2. The highest BCUT2D eigenvalue weighted by Crippen LogP contribution is 2.48. The molecular weight excluding hydrogens is 820 g/mol. The molecule has 0 unspecified atom stereocenters. The van der Waals surface area contributed by atoms with Crippen LogP contribution in [0.15, 0.2) is 0 Å². The molecule has 16 nitrogen and oxygen atoms in total. The minimum absolute atomic E-state index is 0.0956. The zero-order valence-corrected chi connectivity index (χ0v) is 42.0. The second-order valence-corrected chi connectivity index (χ2v) is 20.1. The summed E-state index contributed by atoms with van der Waals surface area (Å²) in [7, 11) is -2.18. The van der Waals surface area contributed by atoms with Gasteiger partial charge in [0.1, 0.15) is 0 Å². The van der Waals surface area contributed by atoms with Gasteiger partial charge in [0.15, 0.2) is 0 Å². The van der Waals surface area contributed by atoms with Gasteiger partial charge in [-0.25, -0.2) is 0 Å². The van der Waals surface area contributed by atoms with Crippen molar-refractivity contribution < 1.29 is 59.0 Å². The molecule has 4 aliphatic carbocycles. The minimum Gasteiger partial charge on any atom is -0.481 e. The molecule has 0 radical (unpaired) electrons. The number of rotatable bonds is 18. The molecule has 20 heteroatoms. The summed E-state index contributed by atoms with van der Waals surface area (Å²) in [5, 5.41) is 67.9. The smallest absolute Gasteiger partial charge is 0.373 e. The van der Waals surface area contributed by atoms with Crippen molar-refractivity contribution in [2.75, 3.05) is 13.2 Å². The maximum Gasteiger partial charge on any atom is 0.373 e. The predicted octanol–water partition coefficient (Wildman–Crippen LogP) is 4.82. The molecular formula is C44H88B4N4O12. The van der Waals surface area contributed by atoms with Gasteiger partial charge in [-0.1, -0.05) is 53.4 Å². The molecule has 10 N–H and O–H groups in total. The number of nitrogens with one attached hydrogen (secondary N) is 4. The van der Waals surface area contributed by atoms with Crippen LogP contribution in [0, 0.1) is 45.3 Å². The van der Waals surface area contributed by atoms with E-state index in [0.717, 1.165) is 64.2 Å². The van der Waals surface area contributed by atoms with Crippen molar-refractivity contribution >= 4 is 52.1 Å². The van der Waals surface area contributed by atoms with E-state index in [0.29, 0.717) is 37.9 Å². The number of esters is 2. The fraction of sp³-hybridized carbons (Fsp3) is 0.909. The van der Waals surface area contributed by atoms with Crippen LogP contribution >= 0.6 is 0 Å². The Morgan fingerprint density at radius 2 is 0.656 bits per heavy atom. The van der Waals surface area contributed by atoms with Crippen LogP contribution in [-0.4, -0.2) is 120 Å². The van der Waals surface area contributed by atoms with E-state index < -0.39 is 61.8 Å². The van der Waals surface area contributed by atoms with Crippen LogP contribution in [0.4, 0.5) is 0 Å².